The smallest absolute Gasteiger partial charge is 0.225 e. The molecule has 0 aliphatic heterocycles. The molecule has 0 spiro atoms. The predicted octanol–water partition coefficient (Wildman–Crippen LogP) is 1.61. The molecular weight excluding hydrogens is 187 g/mol. The second kappa shape index (κ2) is 4.50. The van der Waals surface area contributed by atoms with Gasteiger partial charge in [0.15, 0.2) is 17.9 Å². The van der Waals surface area contributed by atoms with Gasteiger partial charge in [-0.15, -0.1) is 0 Å². The molecule has 3 nitrogen and oxygen atoms in total. The summed E-state index contributed by atoms with van der Waals surface area (Å²) in [6.07, 6.45) is 0.183. The number of rotatable bonds is 4. The highest BCUT2D eigenvalue weighted by Crippen LogP contribution is 2.18. The molecule has 4 heteroatoms. The lowest BCUT2D eigenvalue weighted by atomic mass is 10.1. The Morgan fingerprint density at radius 3 is 2.86 bits per heavy atom. The number of ketones is 1. The molecule has 0 fully saturated rings. The second-order valence-corrected chi connectivity index (χ2v) is 2.56. The Hall–Kier alpha value is -1.71. The maximum atomic E-state index is 13.0. The fraction of sp³-hybridized carbons (Fsp3) is 0.200. The minimum Gasteiger partial charge on any atom is -0.491 e. The quantitative estimate of drug-likeness (QED) is 0.417. The molecule has 0 radical (unpaired) electrons. The number of carbonyl (C=O) groups is 2. The van der Waals surface area contributed by atoms with Crippen LogP contribution in [0.15, 0.2) is 18.2 Å². The van der Waals surface area contributed by atoms with E-state index in [0.717, 1.165) is 6.07 Å². The fourth-order valence-corrected chi connectivity index (χ4v) is 0.991. The third-order valence-electron chi connectivity index (χ3n) is 1.62. The summed E-state index contributed by atoms with van der Waals surface area (Å²) in [6.45, 7) is 2.00. The summed E-state index contributed by atoms with van der Waals surface area (Å²) in [5.74, 6) is -1.25. The lowest BCUT2D eigenvalue weighted by Crippen LogP contribution is -2.02. The van der Waals surface area contributed by atoms with Crippen molar-refractivity contribution < 1.29 is 18.7 Å². The number of halogens is 1. The van der Waals surface area contributed by atoms with Gasteiger partial charge in [-0.2, -0.15) is 0 Å². The SMILES string of the molecule is CCOc1cc(C(=O)C=O)ccc1F. The first-order valence-corrected chi connectivity index (χ1v) is 4.11. The number of hydrogen-bond donors (Lipinski definition) is 0. The van der Waals surface area contributed by atoms with Crippen LogP contribution in [0.1, 0.15) is 17.3 Å². The molecule has 14 heavy (non-hydrogen) atoms. The van der Waals surface area contributed by atoms with Crippen LogP contribution in [0.2, 0.25) is 0 Å². The molecule has 0 aliphatic carbocycles. The average Bonchev–Trinajstić information content (AvgIpc) is 2.20. The van der Waals surface area contributed by atoms with E-state index in [-0.39, 0.29) is 17.6 Å². The zero-order chi connectivity index (χ0) is 10.6. The summed E-state index contributed by atoms with van der Waals surface area (Å²) in [6, 6.07) is 3.56. The molecule has 74 valence electrons. The number of hydrogen-bond acceptors (Lipinski definition) is 3. The maximum absolute atomic E-state index is 13.0. The third kappa shape index (κ3) is 2.16. The van der Waals surface area contributed by atoms with Gasteiger partial charge in [0.25, 0.3) is 0 Å². The van der Waals surface area contributed by atoms with Gasteiger partial charge in [-0.25, -0.2) is 4.39 Å². The lowest BCUT2D eigenvalue weighted by molar-refractivity contribution is -0.104. The minimum absolute atomic E-state index is 0.0137. The van der Waals surface area contributed by atoms with E-state index in [1.807, 2.05) is 0 Å². The molecule has 1 aromatic carbocycles. The van der Waals surface area contributed by atoms with Crippen molar-refractivity contribution in [3.63, 3.8) is 0 Å². The van der Waals surface area contributed by atoms with Crippen LogP contribution in [0.4, 0.5) is 4.39 Å². The first-order valence-electron chi connectivity index (χ1n) is 4.11. The molecule has 0 N–H and O–H groups in total. The molecule has 1 rings (SSSR count). The molecule has 0 aliphatic rings. The molecule has 0 atom stereocenters. The molecule has 0 unspecified atom stereocenters. The van der Waals surface area contributed by atoms with E-state index in [2.05, 4.69) is 0 Å². The summed E-state index contributed by atoms with van der Waals surface area (Å²) >= 11 is 0. The van der Waals surface area contributed by atoms with Crippen molar-refractivity contribution >= 4 is 12.1 Å². The number of aldehydes is 1. The van der Waals surface area contributed by atoms with Gasteiger partial charge in [0, 0.05) is 5.56 Å². The number of benzene rings is 1. The van der Waals surface area contributed by atoms with Crippen LogP contribution >= 0.6 is 0 Å². The zero-order valence-electron chi connectivity index (χ0n) is 7.62. The average molecular weight is 196 g/mol. The Morgan fingerprint density at radius 1 is 1.57 bits per heavy atom. The Kier molecular flexibility index (Phi) is 3.34. The van der Waals surface area contributed by atoms with Gasteiger partial charge in [0.05, 0.1) is 6.61 Å². The predicted molar refractivity (Wildman–Crippen MR) is 48.0 cm³/mol. The third-order valence-corrected chi connectivity index (χ3v) is 1.62. The van der Waals surface area contributed by atoms with Gasteiger partial charge >= 0.3 is 0 Å². The fourth-order valence-electron chi connectivity index (χ4n) is 0.991. The highest BCUT2D eigenvalue weighted by molar-refractivity contribution is 6.33. The monoisotopic (exact) mass is 196 g/mol. The summed E-state index contributed by atoms with van der Waals surface area (Å²) in [4.78, 5) is 21.1. The molecule has 0 bridgehead atoms. The number of Topliss-reactive ketones (excluding diaryl/α,β-unsaturated/α-hetero) is 1. The largest absolute Gasteiger partial charge is 0.491 e. The van der Waals surface area contributed by atoms with Crippen LogP contribution in [0.3, 0.4) is 0 Å². The first-order chi connectivity index (χ1) is 6.69. The number of ether oxygens (including phenoxy) is 1. The van der Waals surface area contributed by atoms with Gasteiger partial charge in [-0.1, -0.05) is 0 Å². The molecule has 0 aromatic heterocycles. The lowest BCUT2D eigenvalue weighted by Gasteiger charge is -2.04. The Morgan fingerprint density at radius 2 is 2.29 bits per heavy atom. The van der Waals surface area contributed by atoms with E-state index in [1.54, 1.807) is 6.92 Å². The van der Waals surface area contributed by atoms with Gasteiger partial charge < -0.3 is 4.74 Å². The van der Waals surface area contributed by atoms with E-state index in [4.69, 9.17) is 4.74 Å². The normalized spacial score (nSPS) is 9.57. The second-order valence-electron chi connectivity index (χ2n) is 2.56. The van der Waals surface area contributed by atoms with Crippen molar-refractivity contribution in [1.29, 1.82) is 0 Å². The zero-order valence-corrected chi connectivity index (χ0v) is 7.62. The van der Waals surface area contributed by atoms with Crippen LogP contribution in [0.5, 0.6) is 5.75 Å². The van der Waals surface area contributed by atoms with Crippen molar-refractivity contribution in [1.82, 2.24) is 0 Å². The van der Waals surface area contributed by atoms with E-state index >= 15 is 0 Å². The Labute approximate surface area is 80.5 Å². The van der Waals surface area contributed by atoms with Crippen LogP contribution in [-0.2, 0) is 4.79 Å². The molecule has 0 heterocycles. The van der Waals surface area contributed by atoms with E-state index in [9.17, 15) is 14.0 Å². The summed E-state index contributed by atoms with van der Waals surface area (Å²) in [5.41, 5.74) is 0.129. The Balaban J connectivity index is 3.05. The van der Waals surface area contributed by atoms with Gasteiger partial charge in [0.2, 0.25) is 5.78 Å². The van der Waals surface area contributed by atoms with Crippen molar-refractivity contribution in [2.45, 2.75) is 6.92 Å². The van der Waals surface area contributed by atoms with Gasteiger partial charge in [0.1, 0.15) is 0 Å². The van der Waals surface area contributed by atoms with Crippen LogP contribution in [-0.4, -0.2) is 18.7 Å². The van der Waals surface area contributed by atoms with Gasteiger partial charge in [-0.3, -0.25) is 9.59 Å². The summed E-state index contributed by atoms with van der Waals surface area (Å²) in [5, 5.41) is 0. The standard InChI is InChI=1S/C10H9FO3/c1-2-14-10-5-7(9(13)6-12)3-4-8(10)11/h3-6H,2H2,1H3. The van der Waals surface area contributed by atoms with Crippen LogP contribution in [0, 0.1) is 5.82 Å². The Bertz CT molecular complexity index is 360. The summed E-state index contributed by atoms with van der Waals surface area (Å²) in [7, 11) is 0. The highest BCUT2D eigenvalue weighted by Gasteiger charge is 2.09. The minimum atomic E-state index is -0.689. The molecule has 0 amide bonds. The number of carbonyl (C=O) groups excluding carboxylic acids is 2. The van der Waals surface area contributed by atoms with E-state index < -0.39 is 11.6 Å². The van der Waals surface area contributed by atoms with Crippen LogP contribution in [0.25, 0.3) is 0 Å². The summed E-state index contributed by atoms with van der Waals surface area (Å²) < 4.78 is 17.9. The maximum Gasteiger partial charge on any atom is 0.225 e. The van der Waals surface area contributed by atoms with Crippen molar-refractivity contribution in [2.75, 3.05) is 6.61 Å². The van der Waals surface area contributed by atoms with Crippen molar-refractivity contribution in [3.8, 4) is 5.75 Å². The van der Waals surface area contributed by atoms with Crippen LogP contribution < -0.4 is 4.74 Å². The van der Waals surface area contributed by atoms with E-state index in [0.29, 0.717) is 6.61 Å². The molecule has 0 saturated carbocycles. The topological polar surface area (TPSA) is 43.4 Å². The van der Waals surface area contributed by atoms with Gasteiger partial charge in [-0.05, 0) is 25.1 Å². The van der Waals surface area contributed by atoms with Crippen molar-refractivity contribution in [2.24, 2.45) is 0 Å². The molecule has 0 saturated heterocycles. The molecular formula is C10H9FO3. The first kappa shape index (κ1) is 10.4. The molecule has 1 aromatic rings. The van der Waals surface area contributed by atoms with E-state index in [1.165, 1.54) is 12.1 Å². The highest BCUT2D eigenvalue weighted by atomic mass is 19.1. The van der Waals surface area contributed by atoms with Crippen molar-refractivity contribution in [3.05, 3.63) is 29.6 Å².